The SMILES string of the molecule is COc1ccccc1NC1CCCC(S(C)(=O)=O)C1. The molecule has 1 aromatic carbocycles. The average Bonchev–Trinajstić information content (AvgIpc) is 2.39. The molecule has 19 heavy (non-hydrogen) atoms. The van der Waals surface area contributed by atoms with Crippen LogP contribution in [0.3, 0.4) is 0 Å². The lowest BCUT2D eigenvalue weighted by Gasteiger charge is -2.29. The molecule has 0 radical (unpaired) electrons. The molecule has 2 rings (SSSR count). The Kier molecular flexibility index (Phi) is 4.34. The minimum atomic E-state index is -2.94. The van der Waals surface area contributed by atoms with Gasteiger partial charge in [0.1, 0.15) is 15.6 Å². The van der Waals surface area contributed by atoms with Crippen molar-refractivity contribution in [3.05, 3.63) is 24.3 Å². The molecule has 0 aliphatic heterocycles. The van der Waals surface area contributed by atoms with E-state index < -0.39 is 9.84 Å². The minimum absolute atomic E-state index is 0.199. The Morgan fingerprint density at radius 3 is 2.68 bits per heavy atom. The van der Waals surface area contributed by atoms with Crippen LogP contribution in [0.25, 0.3) is 0 Å². The van der Waals surface area contributed by atoms with E-state index in [2.05, 4.69) is 5.32 Å². The topological polar surface area (TPSA) is 55.4 Å². The molecule has 4 nitrogen and oxygen atoms in total. The van der Waals surface area contributed by atoms with Gasteiger partial charge in [-0.25, -0.2) is 8.42 Å². The molecule has 0 spiro atoms. The summed E-state index contributed by atoms with van der Waals surface area (Å²) in [6.07, 6.45) is 4.75. The third kappa shape index (κ3) is 3.62. The summed E-state index contributed by atoms with van der Waals surface area (Å²) in [7, 11) is -1.30. The molecular weight excluding hydrogens is 262 g/mol. The molecule has 0 aromatic heterocycles. The smallest absolute Gasteiger partial charge is 0.150 e. The minimum Gasteiger partial charge on any atom is -0.495 e. The van der Waals surface area contributed by atoms with Gasteiger partial charge in [-0.15, -0.1) is 0 Å². The van der Waals surface area contributed by atoms with E-state index in [1.165, 1.54) is 6.26 Å². The van der Waals surface area contributed by atoms with Crippen molar-refractivity contribution in [2.24, 2.45) is 0 Å². The molecule has 1 aliphatic rings. The van der Waals surface area contributed by atoms with E-state index in [1.54, 1.807) is 7.11 Å². The van der Waals surface area contributed by atoms with Crippen LogP contribution in [0.2, 0.25) is 0 Å². The normalized spacial score (nSPS) is 23.9. The molecule has 0 heterocycles. The number of para-hydroxylation sites is 2. The van der Waals surface area contributed by atoms with Gasteiger partial charge in [0.2, 0.25) is 0 Å². The Bertz CT molecular complexity index is 527. The highest BCUT2D eigenvalue weighted by Gasteiger charge is 2.29. The number of ether oxygens (including phenoxy) is 1. The molecule has 0 amide bonds. The second-order valence-corrected chi connectivity index (χ2v) is 7.49. The van der Waals surface area contributed by atoms with Crippen molar-refractivity contribution in [3.63, 3.8) is 0 Å². The predicted molar refractivity (Wildman–Crippen MR) is 77.5 cm³/mol. The largest absolute Gasteiger partial charge is 0.495 e. The molecule has 1 fully saturated rings. The Morgan fingerprint density at radius 1 is 1.26 bits per heavy atom. The van der Waals surface area contributed by atoms with Crippen LogP contribution in [0.1, 0.15) is 25.7 Å². The zero-order valence-electron chi connectivity index (χ0n) is 11.4. The van der Waals surface area contributed by atoms with Crippen LogP contribution in [-0.4, -0.2) is 33.1 Å². The Balaban J connectivity index is 2.07. The third-order valence-electron chi connectivity index (χ3n) is 3.70. The molecule has 2 unspecified atom stereocenters. The summed E-state index contributed by atoms with van der Waals surface area (Å²) in [4.78, 5) is 0. The van der Waals surface area contributed by atoms with Crippen LogP contribution < -0.4 is 10.1 Å². The van der Waals surface area contributed by atoms with Crippen LogP contribution in [-0.2, 0) is 9.84 Å². The van der Waals surface area contributed by atoms with Gasteiger partial charge in [-0.05, 0) is 31.4 Å². The highest BCUT2D eigenvalue weighted by atomic mass is 32.2. The number of hydrogen-bond acceptors (Lipinski definition) is 4. The summed E-state index contributed by atoms with van der Waals surface area (Å²) < 4.78 is 28.6. The molecule has 0 saturated heterocycles. The highest BCUT2D eigenvalue weighted by Crippen LogP contribution is 2.30. The Hall–Kier alpha value is -1.23. The molecule has 1 saturated carbocycles. The van der Waals surface area contributed by atoms with Crippen molar-refractivity contribution in [3.8, 4) is 5.75 Å². The van der Waals surface area contributed by atoms with Crippen LogP contribution in [0.5, 0.6) is 5.75 Å². The van der Waals surface area contributed by atoms with Crippen molar-refractivity contribution >= 4 is 15.5 Å². The molecule has 1 aromatic rings. The Labute approximate surface area is 115 Å². The highest BCUT2D eigenvalue weighted by molar-refractivity contribution is 7.91. The van der Waals surface area contributed by atoms with Crippen molar-refractivity contribution in [2.75, 3.05) is 18.7 Å². The van der Waals surface area contributed by atoms with Gasteiger partial charge in [0, 0.05) is 12.3 Å². The van der Waals surface area contributed by atoms with E-state index in [4.69, 9.17) is 4.74 Å². The first-order chi connectivity index (χ1) is 9.00. The van der Waals surface area contributed by atoms with Gasteiger partial charge >= 0.3 is 0 Å². The van der Waals surface area contributed by atoms with Crippen LogP contribution in [0.15, 0.2) is 24.3 Å². The fourth-order valence-electron chi connectivity index (χ4n) is 2.65. The lowest BCUT2D eigenvalue weighted by molar-refractivity contribution is 0.412. The first-order valence-corrected chi connectivity index (χ1v) is 8.54. The summed E-state index contributed by atoms with van der Waals surface area (Å²) in [5, 5.41) is 3.20. The first kappa shape index (κ1) is 14.2. The number of benzene rings is 1. The number of rotatable bonds is 4. The van der Waals surface area contributed by atoms with Gasteiger partial charge in [0.15, 0.2) is 0 Å². The fourth-order valence-corrected chi connectivity index (χ4v) is 3.83. The average molecular weight is 283 g/mol. The van der Waals surface area contributed by atoms with Gasteiger partial charge in [0.25, 0.3) is 0 Å². The zero-order chi connectivity index (χ0) is 13.9. The van der Waals surface area contributed by atoms with Gasteiger partial charge in [-0.1, -0.05) is 18.6 Å². The first-order valence-electron chi connectivity index (χ1n) is 6.59. The summed E-state index contributed by atoms with van der Waals surface area (Å²) in [6.45, 7) is 0. The number of methoxy groups -OCH3 is 1. The molecule has 0 bridgehead atoms. The molecular formula is C14H21NO3S. The van der Waals surface area contributed by atoms with Crippen LogP contribution in [0.4, 0.5) is 5.69 Å². The summed E-state index contributed by atoms with van der Waals surface area (Å²) >= 11 is 0. The van der Waals surface area contributed by atoms with E-state index in [0.717, 1.165) is 30.7 Å². The van der Waals surface area contributed by atoms with E-state index in [1.807, 2.05) is 24.3 Å². The molecule has 106 valence electrons. The lowest BCUT2D eigenvalue weighted by atomic mass is 9.94. The van der Waals surface area contributed by atoms with E-state index in [-0.39, 0.29) is 11.3 Å². The maximum atomic E-state index is 11.7. The van der Waals surface area contributed by atoms with Crippen molar-refractivity contribution in [2.45, 2.75) is 37.0 Å². The van der Waals surface area contributed by atoms with E-state index >= 15 is 0 Å². The van der Waals surface area contributed by atoms with Crippen molar-refractivity contribution in [1.29, 1.82) is 0 Å². The quantitative estimate of drug-likeness (QED) is 0.922. The second kappa shape index (κ2) is 5.82. The Morgan fingerprint density at radius 2 is 2.00 bits per heavy atom. The van der Waals surface area contributed by atoms with Crippen LogP contribution >= 0.6 is 0 Å². The molecule has 1 N–H and O–H groups in total. The van der Waals surface area contributed by atoms with Crippen molar-refractivity contribution in [1.82, 2.24) is 0 Å². The standard InChI is InChI=1S/C14H21NO3S/c1-18-14-9-4-3-8-13(14)15-11-6-5-7-12(10-11)19(2,16)17/h3-4,8-9,11-12,15H,5-7,10H2,1-2H3. The maximum Gasteiger partial charge on any atom is 0.150 e. The number of nitrogens with one attached hydrogen (secondary N) is 1. The van der Waals surface area contributed by atoms with E-state index in [9.17, 15) is 8.42 Å². The maximum absolute atomic E-state index is 11.7. The molecule has 2 atom stereocenters. The fraction of sp³-hybridized carbons (Fsp3) is 0.571. The summed E-state index contributed by atoms with van der Waals surface area (Å²) in [5.74, 6) is 0.795. The number of hydrogen-bond donors (Lipinski definition) is 1. The van der Waals surface area contributed by atoms with E-state index in [0.29, 0.717) is 6.42 Å². The summed E-state index contributed by atoms with van der Waals surface area (Å²) in [5.41, 5.74) is 0.934. The van der Waals surface area contributed by atoms with Gasteiger partial charge in [-0.3, -0.25) is 0 Å². The predicted octanol–water partition coefficient (Wildman–Crippen LogP) is 2.46. The van der Waals surface area contributed by atoms with Crippen molar-refractivity contribution < 1.29 is 13.2 Å². The van der Waals surface area contributed by atoms with Crippen LogP contribution in [0, 0.1) is 0 Å². The molecule has 5 heteroatoms. The molecule has 1 aliphatic carbocycles. The monoisotopic (exact) mass is 283 g/mol. The number of sulfone groups is 1. The summed E-state index contributed by atoms with van der Waals surface area (Å²) in [6, 6.07) is 7.93. The zero-order valence-corrected chi connectivity index (χ0v) is 12.2. The lowest BCUT2D eigenvalue weighted by Crippen LogP contribution is -2.34. The van der Waals surface area contributed by atoms with Gasteiger partial charge in [0.05, 0.1) is 18.0 Å². The second-order valence-electron chi connectivity index (χ2n) is 5.16. The van der Waals surface area contributed by atoms with Gasteiger partial charge in [-0.2, -0.15) is 0 Å². The number of anilines is 1. The van der Waals surface area contributed by atoms with Gasteiger partial charge < -0.3 is 10.1 Å². The third-order valence-corrected chi connectivity index (χ3v) is 5.34.